The minimum atomic E-state index is -3.39. The molecule has 1 heterocycles. The van der Waals surface area contributed by atoms with Gasteiger partial charge in [-0.25, -0.2) is 13.1 Å². The highest BCUT2D eigenvalue weighted by atomic mass is 32.2. The van der Waals surface area contributed by atoms with E-state index in [9.17, 15) is 8.42 Å². The molecule has 0 amide bonds. The fourth-order valence-corrected chi connectivity index (χ4v) is 5.03. The van der Waals surface area contributed by atoms with E-state index in [-0.39, 0.29) is 6.04 Å². The summed E-state index contributed by atoms with van der Waals surface area (Å²) in [6.07, 6.45) is 2.68. The topological polar surface area (TPSA) is 58.2 Å². The molecule has 0 bridgehead atoms. The first-order valence-electron chi connectivity index (χ1n) is 6.70. The molecule has 0 aromatic carbocycles. The molecule has 0 saturated carbocycles. The second-order valence-electron chi connectivity index (χ2n) is 4.68. The first-order valence-corrected chi connectivity index (χ1v) is 9.00. The molecule has 1 atom stereocenters. The van der Waals surface area contributed by atoms with Crippen molar-refractivity contribution in [1.82, 2.24) is 10.0 Å². The normalized spacial score (nSPS) is 13.7. The molecular formula is C13H24N2O2S2. The molecule has 0 aliphatic carbocycles. The Hall–Kier alpha value is -0.430. The van der Waals surface area contributed by atoms with Crippen molar-refractivity contribution >= 4 is 21.4 Å². The summed E-state index contributed by atoms with van der Waals surface area (Å²) < 4.78 is 27.6. The zero-order valence-corrected chi connectivity index (χ0v) is 13.7. The minimum Gasteiger partial charge on any atom is -0.315 e. The van der Waals surface area contributed by atoms with E-state index in [0.29, 0.717) is 11.4 Å². The van der Waals surface area contributed by atoms with E-state index < -0.39 is 10.0 Å². The van der Waals surface area contributed by atoms with Gasteiger partial charge in [-0.3, -0.25) is 0 Å². The Kier molecular flexibility index (Phi) is 6.46. The Bertz CT molecular complexity index is 495. The average Bonchev–Trinajstić information content (AvgIpc) is 2.71. The van der Waals surface area contributed by atoms with Crippen molar-refractivity contribution in [2.45, 2.75) is 57.5 Å². The van der Waals surface area contributed by atoms with Crippen LogP contribution in [0, 0.1) is 6.92 Å². The van der Waals surface area contributed by atoms with Crippen LogP contribution < -0.4 is 10.0 Å². The van der Waals surface area contributed by atoms with Gasteiger partial charge in [0.15, 0.2) is 0 Å². The highest BCUT2D eigenvalue weighted by molar-refractivity contribution is 7.89. The molecule has 0 aliphatic heterocycles. The summed E-state index contributed by atoms with van der Waals surface area (Å²) in [5, 5.41) is 3.04. The van der Waals surface area contributed by atoms with Crippen LogP contribution in [0.4, 0.5) is 0 Å². The van der Waals surface area contributed by atoms with Gasteiger partial charge in [-0.15, -0.1) is 11.3 Å². The maximum atomic E-state index is 12.4. The van der Waals surface area contributed by atoms with Crippen molar-refractivity contribution < 1.29 is 8.42 Å². The van der Waals surface area contributed by atoms with E-state index in [4.69, 9.17) is 0 Å². The van der Waals surface area contributed by atoms with Crippen molar-refractivity contribution in [2.24, 2.45) is 0 Å². The molecule has 110 valence electrons. The number of rotatable bonds is 8. The predicted octanol–water partition coefficient (Wildman–Crippen LogP) is 2.63. The van der Waals surface area contributed by atoms with Gasteiger partial charge in [0.2, 0.25) is 10.0 Å². The lowest BCUT2D eigenvalue weighted by Gasteiger charge is -2.16. The molecule has 6 heteroatoms. The summed E-state index contributed by atoms with van der Waals surface area (Å²) in [6, 6.07) is 1.80. The van der Waals surface area contributed by atoms with Gasteiger partial charge in [0.25, 0.3) is 0 Å². The Morgan fingerprint density at radius 2 is 2.05 bits per heavy atom. The van der Waals surface area contributed by atoms with Crippen LogP contribution in [0.3, 0.4) is 0 Å². The average molecular weight is 304 g/mol. The third-order valence-corrected chi connectivity index (χ3v) is 5.84. The van der Waals surface area contributed by atoms with E-state index in [1.807, 2.05) is 20.9 Å². The Morgan fingerprint density at radius 3 is 2.58 bits per heavy atom. The number of thiophene rings is 1. The summed E-state index contributed by atoms with van der Waals surface area (Å²) in [5.74, 6) is 0. The van der Waals surface area contributed by atoms with Crippen LogP contribution in [0.25, 0.3) is 0 Å². The summed E-state index contributed by atoms with van der Waals surface area (Å²) >= 11 is 1.53. The SMILES string of the molecule is CCCC(CC)NS(=O)(=O)c1cc(CNC)sc1C. The van der Waals surface area contributed by atoms with Crippen molar-refractivity contribution in [3.63, 3.8) is 0 Å². The first-order chi connectivity index (χ1) is 8.94. The highest BCUT2D eigenvalue weighted by Gasteiger charge is 2.22. The lowest BCUT2D eigenvalue weighted by atomic mass is 10.1. The molecular weight excluding hydrogens is 280 g/mol. The molecule has 1 unspecified atom stereocenters. The third-order valence-electron chi connectivity index (χ3n) is 3.02. The molecule has 0 fully saturated rings. The van der Waals surface area contributed by atoms with E-state index in [2.05, 4.69) is 17.0 Å². The fourth-order valence-electron chi connectivity index (χ4n) is 2.03. The summed E-state index contributed by atoms with van der Waals surface area (Å²) in [6.45, 7) is 6.64. The number of sulfonamides is 1. The Balaban J connectivity index is 2.93. The molecule has 0 radical (unpaired) electrons. The molecule has 0 aliphatic rings. The smallest absolute Gasteiger partial charge is 0.241 e. The van der Waals surface area contributed by atoms with Crippen molar-refractivity contribution in [1.29, 1.82) is 0 Å². The molecule has 19 heavy (non-hydrogen) atoms. The summed E-state index contributed by atoms with van der Waals surface area (Å²) in [7, 11) is -1.53. The van der Waals surface area contributed by atoms with E-state index in [1.165, 1.54) is 11.3 Å². The van der Waals surface area contributed by atoms with Crippen molar-refractivity contribution in [2.75, 3.05) is 7.05 Å². The molecule has 1 aromatic rings. The van der Waals surface area contributed by atoms with Gasteiger partial charge in [0, 0.05) is 22.3 Å². The summed E-state index contributed by atoms with van der Waals surface area (Å²) in [4.78, 5) is 2.32. The van der Waals surface area contributed by atoms with Crippen LogP contribution in [-0.4, -0.2) is 21.5 Å². The van der Waals surface area contributed by atoms with Crippen molar-refractivity contribution in [3.05, 3.63) is 15.8 Å². The van der Waals surface area contributed by atoms with E-state index in [1.54, 1.807) is 6.07 Å². The zero-order valence-electron chi connectivity index (χ0n) is 12.1. The Labute approximate surface area is 120 Å². The van der Waals surface area contributed by atoms with Crippen molar-refractivity contribution in [3.8, 4) is 0 Å². The molecule has 2 N–H and O–H groups in total. The monoisotopic (exact) mass is 304 g/mol. The number of hydrogen-bond acceptors (Lipinski definition) is 4. The number of nitrogens with one attached hydrogen (secondary N) is 2. The predicted molar refractivity (Wildman–Crippen MR) is 81.1 cm³/mol. The van der Waals surface area contributed by atoms with Crippen LogP contribution in [0.15, 0.2) is 11.0 Å². The molecule has 0 saturated heterocycles. The molecule has 1 rings (SSSR count). The number of hydrogen-bond donors (Lipinski definition) is 2. The van der Waals surface area contributed by atoms with Gasteiger partial charge in [-0.2, -0.15) is 0 Å². The Morgan fingerprint density at radius 1 is 1.37 bits per heavy atom. The van der Waals surface area contributed by atoms with Gasteiger partial charge in [-0.05, 0) is 32.9 Å². The van der Waals surface area contributed by atoms with Gasteiger partial charge in [0.1, 0.15) is 0 Å². The highest BCUT2D eigenvalue weighted by Crippen LogP contribution is 2.26. The first kappa shape index (κ1) is 16.6. The van der Waals surface area contributed by atoms with Crippen LogP contribution in [-0.2, 0) is 16.6 Å². The molecule has 4 nitrogen and oxygen atoms in total. The second kappa shape index (κ2) is 7.38. The van der Waals surface area contributed by atoms with Crippen LogP contribution >= 0.6 is 11.3 Å². The molecule has 0 spiro atoms. The second-order valence-corrected chi connectivity index (χ2v) is 7.70. The van der Waals surface area contributed by atoms with Crippen LogP contribution in [0.2, 0.25) is 0 Å². The quantitative estimate of drug-likeness (QED) is 0.776. The third kappa shape index (κ3) is 4.56. The maximum absolute atomic E-state index is 12.4. The van der Waals surface area contributed by atoms with Crippen LogP contribution in [0.1, 0.15) is 42.9 Å². The van der Waals surface area contributed by atoms with Gasteiger partial charge >= 0.3 is 0 Å². The lowest BCUT2D eigenvalue weighted by Crippen LogP contribution is -2.34. The largest absolute Gasteiger partial charge is 0.315 e. The van der Waals surface area contributed by atoms with Gasteiger partial charge < -0.3 is 5.32 Å². The number of aryl methyl sites for hydroxylation is 1. The minimum absolute atomic E-state index is 0.0297. The summed E-state index contributed by atoms with van der Waals surface area (Å²) in [5.41, 5.74) is 0. The maximum Gasteiger partial charge on any atom is 0.241 e. The van der Waals surface area contributed by atoms with E-state index in [0.717, 1.165) is 29.0 Å². The molecule has 1 aromatic heterocycles. The fraction of sp³-hybridized carbons (Fsp3) is 0.692. The van der Waals surface area contributed by atoms with Gasteiger partial charge in [-0.1, -0.05) is 20.3 Å². The van der Waals surface area contributed by atoms with Gasteiger partial charge in [0.05, 0.1) is 4.90 Å². The lowest BCUT2D eigenvalue weighted by molar-refractivity contribution is 0.512. The van der Waals surface area contributed by atoms with E-state index >= 15 is 0 Å². The zero-order chi connectivity index (χ0) is 14.5. The van der Waals surface area contributed by atoms with Crippen LogP contribution in [0.5, 0.6) is 0 Å². The standard InChI is InChI=1S/C13H24N2O2S2/c1-5-7-11(6-2)15-19(16,17)13-8-12(9-14-4)18-10(13)3/h8,11,14-15H,5-7,9H2,1-4H3.